The van der Waals surface area contributed by atoms with Gasteiger partial charge in [0.25, 0.3) is 0 Å². The van der Waals surface area contributed by atoms with Gasteiger partial charge in [-0.15, -0.1) is 0 Å². The molecule has 1 aromatic carbocycles. The first-order chi connectivity index (χ1) is 7.70. The molecule has 0 aliphatic rings. The van der Waals surface area contributed by atoms with Crippen LogP contribution >= 0.6 is 0 Å². The topological polar surface area (TPSA) is 52.0 Å². The molecule has 0 bridgehead atoms. The molecule has 3 heteroatoms. The van der Waals surface area contributed by atoms with Gasteiger partial charge in [0.1, 0.15) is 0 Å². The smallest absolute Gasteiger partial charge is 0.211 e. The van der Waals surface area contributed by atoms with Gasteiger partial charge in [-0.1, -0.05) is 31.2 Å². The van der Waals surface area contributed by atoms with E-state index in [1.54, 1.807) is 6.20 Å². The second-order valence-corrected chi connectivity index (χ2v) is 3.90. The Morgan fingerprint density at radius 2 is 2.00 bits per heavy atom. The Hall–Kier alpha value is -1.61. The van der Waals surface area contributed by atoms with Gasteiger partial charge in [-0.25, -0.2) is 4.98 Å². The Bertz CT molecular complexity index is 457. The van der Waals surface area contributed by atoms with Crippen molar-refractivity contribution in [1.29, 1.82) is 0 Å². The first-order valence-corrected chi connectivity index (χ1v) is 5.51. The van der Waals surface area contributed by atoms with Crippen molar-refractivity contribution in [2.45, 2.75) is 26.3 Å². The lowest BCUT2D eigenvalue weighted by Crippen LogP contribution is -2.04. The predicted molar refractivity (Wildman–Crippen MR) is 63.9 cm³/mol. The van der Waals surface area contributed by atoms with E-state index in [4.69, 9.17) is 10.2 Å². The van der Waals surface area contributed by atoms with Gasteiger partial charge in [-0.2, -0.15) is 0 Å². The van der Waals surface area contributed by atoms with Crippen molar-refractivity contribution in [2.24, 2.45) is 5.73 Å². The van der Waals surface area contributed by atoms with Crippen LogP contribution in [0.4, 0.5) is 0 Å². The summed E-state index contributed by atoms with van der Waals surface area (Å²) in [5, 5.41) is 0. The van der Waals surface area contributed by atoms with Crippen LogP contribution in [-0.4, -0.2) is 4.98 Å². The SMILES string of the molecule is CCc1ccc(-c2cnc(C(C)N)o2)cc1. The molecule has 1 heterocycles. The first kappa shape index (κ1) is 10.9. The molecule has 0 aliphatic carbocycles. The monoisotopic (exact) mass is 216 g/mol. The average Bonchev–Trinajstić information content (AvgIpc) is 2.78. The van der Waals surface area contributed by atoms with E-state index in [-0.39, 0.29) is 6.04 Å². The molecule has 3 nitrogen and oxygen atoms in total. The van der Waals surface area contributed by atoms with E-state index >= 15 is 0 Å². The molecular weight excluding hydrogens is 200 g/mol. The lowest BCUT2D eigenvalue weighted by Gasteiger charge is -2.00. The van der Waals surface area contributed by atoms with E-state index in [1.807, 2.05) is 19.1 Å². The Labute approximate surface area is 95.3 Å². The van der Waals surface area contributed by atoms with Crippen molar-refractivity contribution in [3.8, 4) is 11.3 Å². The molecule has 1 unspecified atom stereocenters. The van der Waals surface area contributed by atoms with Crippen LogP contribution < -0.4 is 5.73 Å². The minimum atomic E-state index is -0.163. The van der Waals surface area contributed by atoms with E-state index in [0.717, 1.165) is 17.7 Å². The van der Waals surface area contributed by atoms with E-state index < -0.39 is 0 Å². The van der Waals surface area contributed by atoms with Gasteiger partial charge in [0.15, 0.2) is 5.76 Å². The molecule has 1 atom stereocenters. The van der Waals surface area contributed by atoms with Crippen molar-refractivity contribution in [1.82, 2.24) is 4.98 Å². The first-order valence-electron chi connectivity index (χ1n) is 5.51. The molecular formula is C13H16N2O. The van der Waals surface area contributed by atoms with Crippen molar-refractivity contribution in [3.05, 3.63) is 41.9 Å². The fourth-order valence-corrected chi connectivity index (χ4v) is 1.54. The van der Waals surface area contributed by atoms with Crippen LogP contribution in [0.15, 0.2) is 34.9 Å². The maximum absolute atomic E-state index is 5.69. The summed E-state index contributed by atoms with van der Waals surface area (Å²) in [5.41, 5.74) is 8.05. The number of benzene rings is 1. The van der Waals surface area contributed by atoms with Crippen LogP contribution in [0.3, 0.4) is 0 Å². The third-order valence-corrected chi connectivity index (χ3v) is 2.56. The summed E-state index contributed by atoms with van der Waals surface area (Å²) >= 11 is 0. The maximum atomic E-state index is 5.69. The van der Waals surface area contributed by atoms with Crippen molar-refractivity contribution in [2.75, 3.05) is 0 Å². The molecule has 16 heavy (non-hydrogen) atoms. The van der Waals surface area contributed by atoms with E-state index in [9.17, 15) is 0 Å². The van der Waals surface area contributed by atoms with Crippen molar-refractivity contribution >= 4 is 0 Å². The number of oxazole rings is 1. The van der Waals surface area contributed by atoms with Crippen LogP contribution in [0.5, 0.6) is 0 Å². The second-order valence-electron chi connectivity index (χ2n) is 3.90. The summed E-state index contributed by atoms with van der Waals surface area (Å²) in [7, 11) is 0. The van der Waals surface area contributed by atoms with Crippen LogP contribution in [0, 0.1) is 0 Å². The summed E-state index contributed by atoms with van der Waals surface area (Å²) in [5.74, 6) is 1.35. The highest BCUT2D eigenvalue weighted by Crippen LogP contribution is 2.22. The summed E-state index contributed by atoms with van der Waals surface area (Å²) in [6.45, 7) is 3.99. The van der Waals surface area contributed by atoms with E-state index in [0.29, 0.717) is 5.89 Å². The molecule has 0 radical (unpaired) electrons. The van der Waals surface area contributed by atoms with Gasteiger partial charge in [0.05, 0.1) is 12.2 Å². The molecule has 0 aliphatic heterocycles. The van der Waals surface area contributed by atoms with Crippen LogP contribution in [-0.2, 0) is 6.42 Å². The van der Waals surface area contributed by atoms with Gasteiger partial charge in [-0.05, 0) is 18.9 Å². The van der Waals surface area contributed by atoms with Gasteiger partial charge in [-0.3, -0.25) is 0 Å². The lowest BCUT2D eigenvalue weighted by atomic mass is 10.1. The number of nitrogens with zero attached hydrogens (tertiary/aromatic N) is 1. The minimum absolute atomic E-state index is 0.163. The summed E-state index contributed by atoms with van der Waals surface area (Å²) in [6.07, 6.45) is 2.77. The number of hydrogen-bond donors (Lipinski definition) is 1. The number of rotatable bonds is 3. The molecule has 2 aromatic rings. The normalized spacial score (nSPS) is 12.7. The van der Waals surface area contributed by atoms with Gasteiger partial charge < -0.3 is 10.2 Å². The molecule has 0 saturated carbocycles. The molecule has 1 aromatic heterocycles. The third-order valence-electron chi connectivity index (χ3n) is 2.56. The maximum Gasteiger partial charge on any atom is 0.211 e. The second kappa shape index (κ2) is 4.49. The standard InChI is InChI=1S/C13H16N2O/c1-3-10-4-6-11(7-5-10)12-8-15-13(16-12)9(2)14/h4-9H,3,14H2,1-2H3. The van der Waals surface area contributed by atoms with Crippen LogP contribution in [0.25, 0.3) is 11.3 Å². The van der Waals surface area contributed by atoms with E-state index in [1.165, 1.54) is 5.56 Å². The minimum Gasteiger partial charge on any atom is -0.439 e. The summed E-state index contributed by atoms with van der Waals surface area (Å²) in [6, 6.07) is 8.13. The molecule has 2 rings (SSSR count). The lowest BCUT2D eigenvalue weighted by molar-refractivity contribution is 0.473. The molecule has 2 N–H and O–H groups in total. The van der Waals surface area contributed by atoms with E-state index in [2.05, 4.69) is 24.0 Å². The third kappa shape index (κ3) is 2.14. The fraction of sp³-hybridized carbons (Fsp3) is 0.308. The average molecular weight is 216 g/mol. The molecule has 0 spiro atoms. The Morgan fingerprint density at radius 3 is 2.50 bits per heavy atom. The Kier molecular flexibility index (Phi) is 3.06. The highest BCUT2D eigenvalue weighted by atomic mass is 16.4. The number of hydrogen-bond acceptors (Lipinski definition) is 3. The number of aromatic nitrogens is 1. The Morgan fingerprint density at radius 1 is 1.31 bits per heavy atom. The van der Waals surface area contributed by atoms with Gasteiger partial charge in [0.2, 0.25) is 5.89 Å². The molecule has 0 saturated heterocycles. The zero-order valence-electron chi connectivity index (χ0n) is 9.60. The quantitative estimate of drug-likeness (QED) is 0.858. The fourth-order valence-electron chi connectivity index (χ4n) is 1.54. The number of nitrogens with two attached hydrogens (primary N) is 1. The Balaban J connectivity index is 2.28. The van der Waals surface area contributed by atoms with Gasteiger partial charge in [0, 0.05) is 5.56 Å². The molecule has 84 valence electrons. The number of aryl methyl sites for hydroxylation is 1. The highest BCUT2D eigenvalue weighted by Gasteiger charge is 2.09. The van der Waals surface area contributed by atoms with Crippen molar-refractivity contribution < 1.29 is 4.42 Å². The largest absolute Gasteiger partial charge is 0.439 e. The zero-order valence-corrected chi connectivity index (χ0v) is 9.60. The van der Waals surface area contributed by atoms with Crippen molar-refractivity contribution in [3.63, 3.8) is 0 Å². The summed E-state index contributed by atoms with van der Waals surface area (Å²) in [4.78, 5) is 4.14. The van der Waals surface area contributed by atoms with Gasteiger partial charge >= 0.3 is 0 Å². The predicted octanol–water partition coefficient (Wildman–Crippen LogP) is 2.92. The summed E-state index contributed by atoms with van der Waals surface area (Å²) < 4.78 is 5.57. The zero-order chi connectivity index (χ0) is 11.5. The van der Waals surface area contributed by atoms with Crippen LogP contribution in [0.2, 0.25) is 0 Å². The highest BCUT2D eigenvalue weighted by molar-refractivity contribution is 5.56. The molecule has 0 amide bonds. The molecule has 0 fully saturated rings. The van der Waals surface area contributed by atoms with Crippen LogP contribution in [0.1, 0.15) is 31.3 Å².